The van der Waals surface area contributed by atoms with Crippen LogP contribution in [0.2, 0.25) is 0 Å². The minimum absolute atomic E-state index is 0.112. The zero-order valence-corrected chi connectivity index (χ0v) is 13.9. The van der Waals surface area contributed by atoms with Crippen LogP contribution in [0.5, 0.6) is 0 Å². The van der Waals surface area contributed by atoms with E-state index in [2.05, 4.69) is 26.6 Å². The van der Waals surface area contributed by atoms with Crippen LogP contribution in [0.3, 0.4) is 0 Å². The maximum Gasteiger partial charge on any atom is 0.319 e. The molecule has 0 saturated carbocycles. The van der Waals surface area contributed by atoms with Crippen LogP contribution in [0.15, 0.2) is 28.7 Å². The summed E-state index contributed by atoms with van der Waals surface area (Å²) in [6.45, 7) is 4.51. The highest BCUT2D eigenvalue weighted by Crippen LogP contribution is 2.26. The number of amides is 2. The van der Waals surface area contributed by atoms with Gasteiger partial charge in [-0.25, -0.2) is 4.79 Å². The number of carboxylic acid groups (broad SMARTS) is 1. The van der Waals surface area contributed by atoms with E-state index in [1.807, 2.05) is 32.0 Å². The summed E-state index contributed by atoms with van der Waals surface area (Å²) in [4.78, 5) is 22.4. The highest BCUT2D eigenvalue weighted by atomic mass is 79.9. The van der Waals surface area contributed by atoms with Gasteiger partial charge in [0.25, 0.3) is 0 Å². The summed E-state index contributed by atoms with van der Waals surface area (Å²) in [7, 11) is 0. The van der Waals surface area contributed by atoms with Crippen LogP contribution < -0.4 is 10.6 Å². The highest BCUT2D eigenvalue weighted by molar-refractivity contribution is 9.10. The molecule has 1 aromatic carbocycles. The Balaban J connectivity index is 2.33. The van der Waals surface area contributed by atoms with Crippen LogP contribution >= 0.6 is 15.9 Å². The van der Waals surface area contributed by atoms with E-state index in [1.54, 1.807) is 6.07 Å². The van der Waals surface area contributed by atoms with E-state index in [-0.39, 0.29) is 17.9 Å². The molecule has 0 atom stereocenters. The Kier molecular flexibility index (Phi) is 6.68. The van der Waals surface area contributed by atoms with Crippen LogP contribution in [-0.4, -0.2) is 23.7 Å². The Morgan fingerprint density at radius 3 is 2.52 bits per heavy atom. The number of carbonyl (C=O) groups is 2. The van der Waals surface area contributed by atoms with Gasteiger partial charge in [0, 0.05) is 17.4 Å². The van der Waals surface area contributed by atoms with Gasteiger partial charge in [-0.15, -0.1) is 0 Å². The molecule has 0 aliphatic heterocycles. The van der Waals surface area contributed by atoms with E-state index in [9.17, 15) is 9.59 Å². The third-order valence-corrected chi connectivity index (χ3v) is 3.92. The standard InChI is InChI=1S/C15H21BrN2O3/c1-15(2,8-7-13(19)20)9-10-17-14(21)18-12-6-4-3-5-11(12)16/h3-6H,7-10H2,1-2H3,(H,19,20)(H2,17,18,21). The third-order valence-electron chi connectivity index (χ3n) is 3.23. The van der Waals surface area contributed by atoms with Gasteiger partial charge >= 0.3 is 12.0 Å². The maximum atomic E-state index is 11.8. The van der Waals surface area contributed by atoms with Gasteiger partial charge in [-0.3, -0.25) is 4.79 Å². The number of carbonyl (C=O) groups excluding carboxylic acids is 1. The molecule has 0 unspecified atom stereocenters. The molecule has 21 heavy (non-hydrogen) atoms. The van der Waals surface area contributed by atoms with Gasteiger partial charge in [-0.2, -0.15) is 0 Å². The SMILES string of the molecule is CC(C)(CCNC(=O)Nc1ccccc1Br)CCC(=O)O. The molecule has 5 nitrogen and oxygen atoms in total. The number of urea groups is 1. The van der Waals surface area contributed by atoms with Gasteiger partial charge in [-0.05, 0) is 46.3 Å². The van der Waals surface area contributed by atoms with E-state index >= 15 is 0 Å². The van der Waals surface area contributed by atoms with Gasteiger partial charge in [0.2, 0.25) is 0 Å². The number of hydrogen-bond acceptors (Lipinski definition) is 2. The van der Waals surface area contributed by atoms with Gasteiger partial charge in [0.05, 0.1) is 5.69 Å². The molecule has 1 aromatic rings. The van der Waals surface area contributed by atoms with Crippen LogP contribution in [0.25, 0.3) is 0 Å². The Hall–Kier alpha value is -1.56. The molecule has 0 heterocycles. The molecule has 0 aliphatic carbocycles. The molecule has 0 spiro atoms. The predicted octanol–water partition coefficient (Wildman–Crippen LogP) is 3.85. The molecule has 0 aliphatic rings. The fourth-order valence-corrected chi connectivity index (χ4v) is 2.20. The first-order valence-electron chi connectivity index (χ1n) is 6.81. The third kappa shape index (κ3) is 7.13. The van der Waals surface area contributed by atoms with Crippen LogP contribution in [0, 0.1) is 5.41 Å². The lowest BCUT2D eigenvalue weighted by atomic mass is 9.84. The zero-order chi connectivity index (χ0) is 15.9. The second kappa shape index (κ2) is 8.02. The number of nitrogens with one attached hydrogen (secondary N) is 2. The largest absolute Gasteiger partial charge is 0.481 e. The summed E-state index contributed by atoms with van der Waals surface area (Å²) >= 11 is 3.36. The lowest BCUT2D eigenvalue weighted by molar-refractivity contribution is -0.137. The van der Waals surface area contributed by atoms with Gasteiger partial charge < -0.3 is 15.7 Å². The first-order valence-corrected chi connectivity index (χ1v) is 7.61. The van der Waals surface area contributed by atoms with E-state index < -0.39 is 5.97 Å². The first kappa shape index (κ1) is 17.5. The second-order valence-electron chi connectivity index (χ2n) is 5.67. The van der Waals surface area contributed by atoms with Gasteiger partial charge in [0.1, 0.15) is 0 Å². The van der Waals surface area contributed by atoms with Crippen molar-refractivity contribution in [2.75, 3.05) is 11.9 Å². The van der Waals surface area contributed by atoms with Crippen molar-refractivity contribution in [1.82, 2.24) is 5.32 Å². The predicted molar refractivity (Wildman–Crippen MR) is 86.4 cm³/mol. The Labute approximate surface area is 133 Å². The van der Waals surface area contributed by atoms with Gasteiger partial charge in [-0.1, -0.05) is 26.0 Å². The van der Waals surface area contributed by atoms with E-state index in [1.165, 1.54) is 0 Å². The number of para-hydroxylation sites is 1. The number of carboxylic acids is 1. The summed E-state index contributed by atoms with van der Waals surface area (Å²) in [6, 6.07) is 7.11. The Morgan fingerprint density at radius 1 is 1.24 bits per heavy atom. The second-order valence-corrected chi connectivity index (χ2v) is 6.52. The van der Waals surface area contributed by atoms with Crippen LogP contribution in [0.1, 0.15) is 33.1 Å². The van der Waals surface area contributed by atoms with Crippen molar-refractivity contribution >= 4 is 33.6 Å². The number of rotatable bonds is 7. The molecule has 0 bridgehead atoms. The minimum Gasteiger partial charge on any atom is -0.481 e. The first-order chi connectivity index (χ1) is 9.80. The van der Waals surface area contributed by atoms with Crippen molar-refractivity contribution in [1.29, 1.82) is 0 Å². The van der Waals surface area contributed by atoms with Crippen molar-refractivity contribution in [2.45, 2.75) is 33.1 Å². The number of halogens is 1. The fourth-order valence-electron chi connectivity index (χ4n) is 1.81. The molecular weight excluding hydrogens is 336 g/mol. The van der Waals surface area contributed by atoms with Crippen molar-refractivity contribution in [2.24, 2.45) is 5.41 Å². The maximum absolute atomic E-state index is 11.8. The van der Waals surface area contributed by atoms with E-state index in [0.29, 0.717) is 18.7 Å². The Morgan fingerprint density at radius 2 is 1.90 bits per heavy atom. The lowest BCUT2D eigenvalue weighted by Crippen LogP contribution is -2.32. The molecule has 0 saturated heterocycles. The number of aliphatic carboxylic acids is 1. The number of anilines is 1. The van der Waals surface area contributed by atoms with E-state index in [4.69, 9.17) is 5.11 Å². The monoisotopic (exact) mass is 356 g/mol. The molecule has 116 valence electrons. The topological polar surface area (TPSA) is 78.4 Å². The van der Waals surface area contributed by atoms with Crippen LogP contribution in [0.4, 0.5) is 10.5 Å². The van der Waals surface area contributed by atoms with Crippen LogP contribution in [-0.2, 0) is 4.79 Å². The minimum atomic E-state index is -0.789. The molecule has 6 heteroatoms. The van der Waals surface area contributed by atoms with Crippen molar-refractivity contribution < 1.29 is 14.7 Å². The molecule has 3 N–H and O–H groups in total. The smallest absolute Gasteiger partial charge is 0.319 e. The van der Waals surface area contributed by atoms with Crippen molar-refractivity contribution in [3.63, 3.8) is 0 Å². The quantitative estimate of drug-likeness (QED) is 0.694. The normalized spacial score (nSPS) is 11.0. The lowest BCUT2D eigenvalue weighted by Gasteiger charge is -2.23. The summed E-state index contributed by atoms with van der Waals surface area (Å²) in [5.74, 6) is -0.789. The molecular formula is C15H21BrN2O3. The molecule has 2 amide bonds. The molecule has 0 aromatic heterocycles. The number of benzene rings is 1. The average Bonchev–Trinajstić information content (AvgIpc) is 2.39. The molecule has 0 radical (unpaired) electrons. The van der Waals surface area contributed by atoms with E-state index in [0.717, 1.165) is 10.9 Å². The average molecular weight is 357 g/mol. The highest BCUT2D eigenvalue weighted by Gasteiger charge is 2.19. The summed E-state index contributed by atoms with van der Waals surface area (Å²) < 4.78 is 0.821. The van der Waals surface area contributed by atoms with Crippen molar-refractivity contribution in [3.05, 3.63) is 28.7 Å². The number of hydrogen-bond donors (Lipinski definition) is 3. The summed E-state index contributed by atoms with van der Waals surface area (Å²) in [5, 5.41) is 14.2. The molecule has 1 rings (SSSR count). The van der Waals surface area contributed by atoms with Crippen molar-refractivity contribution in [3.8, 4) is 0 Å². The summed E-state index contributed by atoms with van der Waals surface area (Å²) in [5.41, 5.74) is 0.596. The summed E-state index contributed by atoms with van der Waals surface area (Å²) in [6.07, 6.45) is 1.47. The molecule has 0 fully saturated rings. The van der Waals surface area contributed by atoms with Gasteiger partial charge in [0.15, 0.2) is 0 Å². The fraction of sp³-hybridized carbons (Fsp3) is 0.467. The zero-order valence-electron chi connectivity index (χ0n) is 12.3. The Bertz CT molecular complexity index is 503.